The second kappa shape index (κ2) is 22.7. The quantitative estimate of drug-likeness (QED) is 0.0766. The molecule has 4 heterocycles. The Kier molecular flexibility index (Phi) is 15.6. The molecule has 5 aliphatic rings. The van der Waals surface area contributed by atoms with E-state index < -0.39 is 30.0 Å². The van der Waals surface area contributed by atoms with Gasteiger partial charge in [-0.25, -0.2) is 4.79 Å². The van der Waals surface area contributed by atoms with Gasteiger partial charge in [-0.05, 0) is 78.1 Å². The largest absolute Gasteiger partial charge is 0.493 e. The van der Waals surface area contributed by atoms with Gasteiger partial charge in [-0.15, -0.1) is 0 Å². The van der Waals surface area contributed by atoms with Gasteiger partial charge in [0.05, 0.1) is 62.0 Å². The number of amides is 5. The van der Waals surface area contributed by atoms with E-state index in [1.807, 2.05) is 67.7 Å². The van der Waals surface area contributed by atoms with Crippen molar-refractivity contribution in [2.75, 3.05) is 40.6 Å². The first-order chi connectivity index (χ1) is 36.3. The third-order valence-electron chi connectivity index (χ3n) is 13.7. The molecule has 17 heteroatoms. The topological polar surface area (TPSA) is 199 Å². The van der Waals surface area contributed by atoms with Crippen LogP contribution >= 0.6 is 0 Å². The number of rotatable bonds is 19. The van der Waals surface area contributed by atoms with Crippen LogP contribution in [-0.4, -0.2) is 117 Å². The van der Waals surface area contributed by atoms with Crippen molar-refractivity contribution in [1.29, 1.82) is 0 Å². The van der Waals surface area contributed by atoms with Crippen molar-refractivity contribution in [2.24, 2.45) is 15.9 Å². The monoisotopic (exact) mass is 1020 g/mol. The van der Waals surface area contributed by atoms with Crippen molar-refractivity contribution in [2.45, 2.75) is 77.0 Å². The molecular formula is C58H61N7O10. The Morgan fingerprint density at radius 3 is 1.75 bits per heavy atom. The maximum Gasteiger partial charge on any atom is 0.407 e. The van der Waals surface area contributed by atoms with E-state index in [1.54, 1.807) is 79.5 Å². The van der Waals surface area contributed by atoms with Crippen LogP contribution in [0.5, 0.6) is 23.0 Å². The molecule has 17 nitrogen and oxygen atoms in total. The Balaban J connectivity index is 0.728. The lowest BCUT2D eigenvalue weighted by molar-refractivity contribution is -0.130. The summed E-state index contributed by atoms with van der Waals surface area (Å²) >= 11 is 0. The highest BCUT2D eigenvalue weighted by molar-refractivity contribution is 6.05. The minimum atomic E-state index is -0.941. The summed E-state index contributed by atoms with van der Waals surface area (Å²) in [6.07, 6.45) is 15.7. The number of fused-ring (bicyclic) bond motifs is 7. The zero-order chi connectivity index (χ0) is 52.8. The van der Waals surface area contributed by atoms with E-state index in [9.17, 15) is 24.0 Å². The number of methoxy groups -OCH3 is 2. The lowest BCUT2D eigenvalue weighted by atomic mass is 9.98. The molecule has 0 radical (unpaired) electrons. The summed E-state index contributed by atoms with van der Waals surface area (Å²) in [5.41, 5.74) is 8.04. The van der Waals surface area contributed by atoms with Crippen molar-refractivity contribution in [1.82, 2.24) is 25.8 Å². The summed E-state index contributed by atoms with van der Waals surface area (Å²) in [5, 5.41) is 8.24. The number of hydrogen-bond acceptors (Lipinski definition) is 12. The number of carbonyl (C=O) groups excluding carboxylic acids is 5. The summed E-state index contributed by atoms with van der Waals surface area (Å²) in [7, 11) is 3.03. The second-order valence-corrected chi connectivity index (χ2v) is 19.1. The van der Waals surface area contributed by atoms with Crippen LogP contribution in [0.25, 0.3) is 11.1 Å². The van der Waals surface area contributed by atoms with Gasteiger partial charge in [-0.3, -0.25) is 29.2 Å². The van der Waals surface area contributed by atoms with E-state index in [-0.39, 0.29) is 62.1 Å². The van der Waals surface area contributed by atoms with Gasteiger partial charge in [-0.1, -0.05) is 86.7 Å². The fraction of sp³-hybridized carbons (Fsp3) is 0.328. The Labute approximate surface area is 436 Å². The summed E-state index contributed by atoms with van der Waals surface area (Å²) in [6, 6.07) is 20.5. The molecule has 0 saturated carbocycles. The van der Waals surface area contributed by atoms with Crippen molar-refractivity contribution in [3.8, 4) is 34.1 Å². The molecule has 0 spiro atoms. The molecular weight excluding hydrogens is 955 g/mol. The summed E-state index contributed by atoms with van der Waals surface area (Å²) in [5.74, 6) is -0.0818. The number of aliphatic imine (C=N–C) groups is 2. The van der Waals surface area contributed by atoms with Gasteiger partial charge < -0.3 is 49.4 Å². The highest BCUT2D eigenvalue weighted by atomic mass is 16.5. The number of allylic oxidation sites excluding steroid dienone is 3. The van der Waals surface area contributed by atoms with E-state index in [0.717, 1.165) is 33.4 Å². The van der Waals surface area contributed by atoms with Crippen LogP contribution in [0.3, 0.4) is 0 Å². The molecule has 75 heavy (non-hydrogen) atoms. The number of benzene rings is 4. The number of hydrogen-bond donors (Lipinski definition) is 3. The molecule has 1 aliphatic carbocycles. The molecule has 9 rings (SSSR count). The maximum absolute atomic E-state index is 13.9. The Bertz CT molecular complexity index is 3040. The van der Waals surface area contributed by atoms with Gasteiger partial charge in [0.15, 0.2) is 23.0 Å². The molecule has 0 bridgehead atoms. The molecule has 0 saturated heterocycles. The van der Waals surface area contributed by atoms with Crippen molar-refractivity contribution in [3.63, 3.8) is 0 Å². The predicted molar refractivity (Wildman–Crippen MR) is 285 cm³/mol. The first-order valence-corrected chi connectivity index (χ1v) is 25.2. The Hall–Kier alpha value is -8.47. The van der Waals surface area contributed by atoms with Gasteiger partial charge in [-0.2, -0.15) is 0 Å². The third-order valence-corrected chi connectivity index (χ3v) is 13.7. The highest BCUT2D eigenvalue weighted by Gasteiger charge is 2.35. The molecule has 4 aromatic carbocycles. The van der Waals surface area contributed by atoms with Gasteiger partial charge in [0.1, 0.15) is 18.7 Å². The van der Waals surface area contributed by atoms with Crippen LogP contribution in [-0.2, 0) is 14.3 Å². The molecule has 0 unspecified atom stereocenters. The van der Waals surface area contributed by atoms with E-state index in [2.05, 4.69) is 38.1 Å². The minimum Gasteiger partial charge on any atom is -0.493 e. The van der Waals surface area contributed by atoms with Gasteiger partial charge >= 0.3 is 6.09 Å². The Morgan fingerprint density at radius 1 is 0.693 bits per heavy atom. The number of ether oxygens (including phenoxy) is 5. The Morgan fingerprint density at radius 2 is 1.23 bits per heavy atom. The number of nitrogens with zero attached hydrogens (tertiary/aromatic N) is 4. The maximum atomic E-state index is 13.9. The second-order valence-electron chi connectivity index (χ2n) is 19.1. The molecule has 5 amide bonds. The predicted octanol–water partition coefficient (Wildman–Crippen LogP) is 8.50. The van der Waals surface area contributed by atoms with Crippen LogP contribution in [0.1, 0.15) is 84.7 Å². The summed E-state index contributed by atoms with van der Waals surface area (Å²) < 4.78 is 29.2. The number of nitrogens with one attached hydrogen (secondary N) is 3. The van der Waals surface area contributed by atoms with Crippen molar-refractivity contribution < 1.29 is 47.7 Å². The van der Waals surface area contributed by atoms with E-state index in [1.165, 1.54) is 14.2 Å². The van der Waals surface area contributed by atoms with E-state index >= 15 is 0 Å². The van der Waals surface area contributed by atoms with Gasteiger partial charge in [0.2, 0.25) is 11.8 Å². The molecule has 3 N–H and O–H groups in total. The van der Waals surface area contributed by atoms with Crippen LogP contribution in [0.4, 0.5) is 16.2 Å². The smallest absolute Gasteiger partial charge is 0.407 e. The lowest BCUT2D eigenvalue weighted by Crippen LogP contribution is -2.54. The van der Waals surface area contributed by atoms with Gasteiger partial charge in [0.25, 0.3) is 11.8 Å². The third kappa shape index (κ3) is 11.1. The first kappa shape index (κ1) is 51.4. The normalized spacial score (nSPS) is 18.0. The summed E-state index contributed by atoms with van der Waals surface area (Å²) in [4.78, 5) is 79.6. The highest BCUT2D eigenvalue weighted by Crippen LogP contribution is 2.45. The van der Waals surface area contributed by atoms with E-state index in [4.69, 9.17) is 23.7 Å². The zero-order valence-corrected chi connectivity index (χ0v) is 42.8. The van der Waals surface area contributed by atoms with Crippen molar-refractivity contribution >= 4 is 53.5 Å². The average Bonchev–Trinajstić information content (AvgIpc) is 4.08. The average molecular weight is 1020 g/mol. The van der Waals surface area contributed by atoms with Crippen LogP contribution in [0, 0.1) is 5.92 Å². The number of carbonyl (C=O) groups is 5. The van der Waals surface area contributed by atoms with Crippen LogP contribution in [0.2, 0.25) is 0 Å². The molecule has 4 aromatic rings. The van der Waals surface area contributed by atoms with Crippen molar-refractivity contribution in [3.05, 3.63) is 143 Å². The minimum absolute atomic E-state index is 0.105. The van der Waals surface area contributed by atoms with E-state index in [0.29, 0.717) is 64.8 Å². The SMILES string of the molecule is C/C=C/C1=CN2C(=O)c3cc(OC)c(OCCCOc4cc5c(cc4OC)C(=O)N4C=C(/C=C/CNC(=O)[C@H](C)NC(=O)[C@@H](NC(=O)OCC6c7ccccc7-c7ccccc76)C(C)C)C[C@H]4C=N5)cc3N=C[C@@H]2C1. The standard InChI is InChI=1S/C58H61N7O10/c1-7-14-36-23-38-29-60-47-27-51(49(71-5)25-44(47)56(68)64(38)31-36)73-21-13-22-74-52-28-48-45(26-50(52)72-6)57(69)65-32-37(24-39(65)30-61-48)15-12-20-59-54(66)35(4)62-55(67)53(34(2)3)63-58(70)75-33-46-42-18-10-8-16-40(42)41-17-9-11-19-43(41)46/h7-12,14-19,25-32,34-35,38-39,46,53H,13,20-24,33H2,1-6H3,(H,59,66)(H,62,67)(H,63,70)/b14-7+,15-12+/t35-,38-,39-,53-/m0/s1. The number of alkyl carbamates (subject to hydrolysis) is 1. The molecule has 4 aliphatic heterocycles. The van der Waals surface area contributed by atoms with Gasteiger partial charge in [0, 0.05) is 55.8 Å². The molecule has 0 aromatic heterocycles. The molecule has 388 valence electrons. The van der Waals surface area contributed by atoms with Crippen LogP contribution < -0.4 is 34.9 Å². The zero-order valence-electron chi connectivity index (χ0n) is 42.8. The molecule has 4 atom stereocenters. The fourth-order valence-electron chi connectivity index (χ4n) is 9.86. The molecule has 0 fully saturated rings. The van der Waals surface area contributed by atoms with Crippen LogP contribution in [0.15, 0.2) is 131 Å². The fourth-order valence-corrected chi connectivity index (χ4v) is 9.86. The summed E-state index contributed by atoms with van der Waals surface area (Å²) in [6.45, 7) is 7.93. The lowest BCUT2D eigenvalue weighted by Gasteiger charge is -2.24. The first-order valence-electron chi connectivity index (χ1n) is 25.2.